The maximum Gasteiger partial charge on any atom is 2.00 e. The molecule has 0 aliphatic rings. The molecule has 118 valence electrons. The number of ketones is 1. The van der Waals surface area contributed by atoms with Gasteiger partial charge in [-0.05, 0) is 19.8 Å². The number of rotatable bonds is 7. The molecule has 2 heteroatoms. The van der Waals surface area contributed by atoms with Crippen LogP contribution < -0.4 is 0 Å². The molecular weight excluding hydrogens is 428 g/mol. The summed E-state index contributed by atoms with van der Waals surface area (Å²) >= 11 is 0. The van der Waals surface area contributed by atoms with E-state index >= 15 is 0 Å². The largest absolute Gasteiger partial charge is 2.00 e. The molecule has 1 nitrogen and oxygen atoms in total. The van der Waals surface area contributed by atoms with E-state index in [9.17, 15) is 4.79 Å². The molecule has 0 aromatic heterocycles. The number of hydrogen-bond donors (Lipinski definition) is 0. The van der Waals surface area contributed by atoms with E-state index in [2.05, 4.69) is 33.8 Å². The molecule has 0 heterocycles. The van der Waals surface area contributed by atoms with E-state index in [0.717, 1.165) is 32.1 Å². The summed E-state index contributed by atoms with van der Waals surface area (Å²) in [4.78, 5) is 11.5. The molecule has 1 aromatic rings. The van der Waals surface area contributed by atoms with Gasteiger partial charge in [-0.1, -0.05) is 26.7 Å². The first-order chi connectivity index (χ1) is 9.42. The number of carbonyl (C=O) groups excluding carboxylic acids is 1. The molecule has 21 heavy (non-hydrogen) atoms. The van der Waals surface area contributed by atoms with Crippen molar-refractivity contribution in [3.8, 4) is 0 Å². The van der Waals surface area contributed by atoms with Crippen LogP contribution in [-0.2, 0) is 25.9 Å². The molecule has 0 N–H and O–H groups in total. The normalized spacial score (nSPS) is 12.7. The van der Waals surface area contributed by atoms with Crippen molar-refractivity contribution in [1.82, 2.24) is 0 Å². The van der Waals surface area contributed by atoms with E-state index in [-0.39, 0.29) is 26.5 Å². The quantitative estimate of drug-likeness (QED) is 0.483. The van der Waals surface area contributed by atoms with Crippen LogP contribution in [0, 0.1) is 17.4 Å². The van der Waals surface area contributed by atoms with Crippen LogP contribution in [0.2, 0.25) is 0 Å². The van der Waals surface area contributed by atoms with Gasteiger partial charge in [0, 0.05) is 5.41 Å². The van der Waals surface area contributed by atoms with Crippen LogP contribution in [-0.4, -0.2) is 5.78 Å². The molecule has 0 saturated carbocycles. The Morgan fingerprint density at radius 3 is 2.00 bits per heavy atom. The van der Waals surface area contributed by atoms with Gasteiger partial charge in [-0.15, -0.1) is 0 Å². The van der Waals surface area contributed by atoms with E-state index in [4.69, 9.17) is 0 Å². The van der Waals surface area contributed by atoms with Crippen LogP contribution >= 0.6 is 0 Å². The first-order valence-corrected chi connectivity index (χ1v) is 7.63. The second kappa shape index (κ2) is 13.3. The fourth-order valence-corrected chi connectivity index (χ4v) is 2.20. The van der Waals surface area contributed by atoms with Crippen molar-refractivity contribution in [2.45, 2.75) is 66.7 Å². The van der Waals surface area contributed by atoms with Crippen LogP contribution in [0.4, 0.5) is 0 Å². The summed E-state index contributed by atoms with van der Waals surface area (Å²) in [5, 5.41) is 0. The number of Topliss-reactive ketones (excluding diaryl/α,β-unsaturated/α-hetero) is 1. The molecule has 0 spiro atoms. The van der Waals surface area contributed by atoms with Gasteiger partial charge in [0.05, 0.1) is 0 Å². The first kappa shape index (κ1) is 22.9. The molecule has 0 amide bonds. The van der Waals surface area contributed by atoms with Crippen LogP contribution in [0.25, 0.3) is 0 Å². The molecule has 0 radical (unpaired) electrons. The van der Waals surface area contributed by atoms with E-state index < -0.39 is 0 Å². The van der Waals surface area contributed by atoms with Gasteiger partial charge in [0.2, 0.25) is 0 Å². The van der Waals surface area contributed by atoms with Gasteiger partial charge in [-0.25, -0.2) is 0 Å². The number of carbonyl (C=O) groups is 1. The van der Waals surface area contributed by atoms with Gasteiger partial charge >= 0.3 is 21.1 Å². The van der Waals surface area contributed by atoms with E-state index in [1.54, 1.807) is 6.92 Å². The SMILES string of the molecule is CCCC(C)(CCC[C-](C)C)C(C)=O.[W+2].[c-]1ccccc1. The minimum Gasteiger partial charge on any atom is -0.320 e. The predicted octanol–water partition coefficient (Wildman–Crippen LogP) is 5.65. The standard InChI is InChI=1S/C13H25O.C6H5.W/c1-6-9-13(5,12(4)14)10-7-8-11(2)3;1-2-4-6-5-3-1;/h6-10H2,1-5H3;1-5H;/q2*-1;+2. The predicted molar refractivity (Wildman–Crippen MR) is 87.4 cm³/mol. The zero-order valence-electron chi connectivity index (χ0n) is 14.2. The smallest absolute Gasteiger partial charge is 0.320 e. The molecule has 1 aromatic carbocycles. The van der Waals surface area contributed by atoms with Crippen LogP contribution in [0.1, 0.15) is 66.7 Å². The third kappa shape index (κ3) is 11.9. The van der Waals surface area contributed by atoms with Crippen LogP contribution in [0.5, 0.6) is 0 Å². The summed E-state index contributed by atoms with van der Waals surface area (Å²) < 4.78 is 0. The average molecular weight is 458 g/mol. The Hall–Kier alpha value is -0.422. The molecule has 1 unspecified atom stereocenters. The molecular formula is C19H30OW. The molecule has 0 aliphatic heterocycles. The maximum atomic E-state index is 11.5. The third-order valence-electron chi connectivity index (χ3n) is 3.66. The van der Waals surface area contributed by atoms with E-state index in [1.807, 2.05) is 30.3 Å². The Kier molecular flexibility index (Phi) is 14.4. The van der Waals surface area contributed by atoms with Crippen molar-refractivity contribution in [3.63, 3.8) is 0 Å². The fraction of sp³-hybridized carbons (Fsp3) is 0.579. The summed E-state index contributed by atoms with van der Waals surface area (Å²) in [6, 6.07) is 12.5. The molecule has 0 fully saturated rings. The molecule has 1 atom stereocenters. The minimum atomic E-state index is -0.0653. The van der Waals surface area contributed by atoms with Gasteiger partial charge in [0.15, 0.2) is 0 Å². The van der Waals surface area contributed by atoms with Crippen molar-refractivity contribution in [3.05, 3.63) is 42.3 Å². The fourth-order valence-electron chi connectivity index (χ4n) is 2.20. The summed E-state index contributed by atoms with van der Waals surface area (Å²) in [6.45, 7) is 10.3. The van der Waals surface area contributed by atoms with Crippen molar-refractivity contribution in [2.24, 2.45) is 5.41 Å². The van der Waals surface area contributed by atoms with Gasteiger partial charge in [0.25, 0.3) is 0 Å². The van der Waals surface area contributed by atoms with Gasteiger partial charge < -0.3 is 5.92 Å². The minimum absolute atomic E-state index is 0. The second-order valence-electron chi connectivity index (χ2n) is 6.00. The van der Waals surface area contributed by atoms with E-state index in [1.165, 1.54) is 5.92 Å². The van der Waals surface area contributed by atoms with Gasteiger partial charge in [-0.2, -0.15) is 56.7 Å². The molecule has 0 saturated heterocycles. The van der Waals surface area contributed by atoms with Crippen LogP contribution in [0.3, 0.4) is 0 Å². The zero-order chi connectivity index (χ0) is 15.4. The van der Waals surface area contributed by atoms with Gasteiger partial charge in [0.1, 0.15) is 5.78 Å². The Balaban J connectivity index is 0. The summed E-state index contributed by atoms with van der Waals surface area (Å²) in [5.74, 6) is 1.82. The Morgan fingerprint density at radius 2 is 1.71 bits per heavy atom. The molecule has 0 bridgehead atoms. The Labute approximate surface area is 146 Å². The second-order valence-corrected chi connectivity index (χ2v) is 6.00. The monoisotopic (exact) mass is 458 g/mol. The maximum absolute atomic E-state index is 11.5. The van der Waals surface area contributed by atoms with Crippen molar-refractivity contribution < 1.29 is 25.9 Å². The van der Waals surface area contributed by atoms with Crippen molar-refractivity contribution >= 4 is 5.78 Å². The third-order valence-corrected chi connectivity index (χ3v) is 3.66. The van der Waals surface area contributed by atoms with Crippen LogP contribution in [0.15, 0.2) is 30.3 Å². The zero-order valence-corrected chi connectivity index (χ0v) is 17.2. The Morgan fingerprint density at radius 1 is 1.14 bits per heavy atom. The molecule has 1 rings (SSSR count). The van der Waals surface area contributed by atoms with Crippen molar-refractivity contribution in [1.29, 1.82) is 0 Å². The molecule has 0 aliphatic carbocycles. The van der Waals surface area contributed by atoms with Gasteiger partial charge in [-0.3, -0.25) is 4.79 Å². The number of hydrogen-bond acceptors (Lipinski definition) is 1. The summed E-state index contributed by atoms with van der Waals surface area (Å²) in [6.07, 6.45) is 5.49. The summed E-state index contributed by atoms with van der Waals surface area (Å²) in [5.41, 5.74) is -0.0653. The van der Waals surface area contributed by atoms with E-state index in [0.29, 0.717) is 5.78 Å². The number of benzene rings is 1. The van der Waals surface area contributed by atoms with Crippen molar-refractivity contribution in [2.75, 3.05) is 0 Å². The first-order valence-electron chi connectivity index (χ1n) is 7.63. The topological polar surface area (TPSA) is 17.1 Å². The summed E-state index contributed by atoms with van der Waals surface area (Å²) in [7, 11) is 0. The average Bonchev–Trinajstić information content (AvgIpc) is 2.41. The Bertz CT molecular complexity index is 321.